The van der Waals surface area contributed by atoms with Gasteiger partial charge in [-0.15, -0.1) is 0 Å². The maximum absolute atomic E-state index is 11.5. The Hall–Kier alpha value is -1.08. The number of nitrogens with one attached hydrogen (secondary N) is 3. The van der Waals surface area contributed by atoms with Gasteiger partial charge in [0.05, 0.1) is 0 Å². The third-order valence-electron chi connectivity index (χ3n) is 2.70. The van der Waals surface area contributed by atoms with E-state index in [0.29, 0.717) is 18.1 Å². The van der Waals surface area contributed by atoms with Crippen molar-refractivity contribution in [1.82, 2.24) is 16.0 Å². The molecule has 0 aromatic carbocycles. The van der Waals surface area contributed by atoms with Crippen LogP contribution in [0.15, 0.2) is 0 Å². The van der Waals surface area contributed by atoms with Gasteiger partial charge < -0.3 is 25.8 Å². The number of carbonyl (C=O) groups excluding carboxylic acids is 1. The average Bonchev–Trinajstić information content (AvgIpc) is 2.30. The monoisotopic (exact) mass is 347 g/mol. The van der Waals surface area contributed by atoms with Crippen LogP contribution in [0.2, 0.25) is 0 Å². The molecule has 0 heterocycles. The maximum Gasteiger partial charge on any atom is 0.407 e. The highest BCUT2D eigenvalue weighted by molar-refractivity contribution is 7.80. The molecule has 0 aliphatic rings. The van der Waals surface area contributed by atoms with Crippen LogP contribution in [0.1, 0.15) is 60.8 Å². The van der Waals surface area contributed by atoms with Gasteiger partial charge in [0.15, 0.2) is 5.11 Å². The summed E-state index contributed by atoms with van der Waals surface area (Å²) in [7, 11) is 0. The van der Waals surface area contributed by atoms with E-state index in [9.17, 15) is 4.79 Å². The highest BCUT2D eigenvalue weighted by atomic mass is 32.1. The maximum atomic E-state index is 11.5. The lowest BCUT2D eigenvalue weighted by Gasteiger charge is -2.26. The Morgan fingerprint density at radius 3 is 2.26 bits per heavy atom. The third-order valence-corrected chi connectivity index (χ3v) is 2.92. The van der Waals surface area contributed by atoms with Crippen LogP contribution in [0.5, 0.6) is 0 Å². The van der Waals surface area contributed by atoms with E-state index in [0.717, 1.165) is 12.8 Å². The molecule has 0 bridgehead atoms. The molecule has 0 spiro atoms. The highest BCUT2D eigenvalue weighted by Gasteiger charge is 2.17. The fraction of sp³-hybridized carbons (Fsp3) is 0.875. The molecule has 0 saturated carbocycles. The molecule has 0 fully saturated rings. The summed E-state index contributed by atoms with van der Waals surface area (Å²) in [6.07, 6.45) is 1.77. The predicted molar refractivity (Wildman–Crippen MR) is 97.6 cm³/mol. The van der Waals surface area contributed by atoms with E-state index in [1.807, 2.05) is 41.5 Å². The van der Waals surface area contributed by atoms with E-state index in [2.05, 4.69) is 16.0 Å². The first-order chi connectivity index (χ1) is 10.4. The van der Waals surface area contributed by atoms with Crippen LogP contribution in [-0.2, 0) is 4.74 Å². The zero-order valence-electron chi connectivity index (χ0n) is 15.3. The van der Waals surface area contributed by atoms with Crippen LogP contribution in [0.4, 0.5) is 4.79 Å². The summed E-state index contributed by atoms with van der Waals surface area (Å²) >= 11 is 5.28. The largest absolute Gasteiger partial charge is 0.444 e. The lowest BCUT2D eigenvalue weighted by Crippen LogP contribution is -2.49. The first-order valence-corrected chi connectivity index (χ1v) is 8.50. The summed E-state index contributed by atoms with van der Waals surface area (Å²) in [4.78, 5) is 11.5. The van der Waals surface area contributed by atoms with E-state index in [1.54, 1.807) is 0 Å². The molecule has 0 saturated heterocycles. The summed E-state index contributed by atoms with van der Waals surface area (Å²) in [5.74, 6) is 0. The number of aliphatic hydroxyl groups excluding tert-OH is 1. The number of rotatable bonds is 7. The fourth-order valence-corrected chi connectivity index (χ4v) is 2.33. The Balaban J connectivity index is 4.10. The Morgan fingerprint density at radius 2 is 1.78 bits per heavy atom. The number of ether oxygens (including phenoxy) is 1. The molecule has 0 rings (SSSR count). The molecule has 23 heavy (non-hydrogen) atoms. The van der Waals surface area contributed by atoms with Crippen molar-refractivity contribution in [3.05, 3.63) is 0 Å². The van der Waals surface area contributed by atoms with Crippen molar-refractivity contribution in [3.63, 3.8) is 0 Å². The minimum Gasteiger partial charge on any atom is -0.444 e. The molecule has 7 heteroatoms. The molecule has 0 radical (unpaired) electrons. The van der Waals surface area contributed by atoms with Crippen molar-refractivity contribution < 1.29 is 14.6 Å². The lowest BCUT2D eigenvalue weighted by atomic mass is 10.1. The molecule has 6 nitrogen and oxygen atoms in total. The Labute approximate surface area is 145 Å². The smallest absolute Gasteiger partial charge is 0.407 e. The van der Waals surface area contributed by atoms with Crippen LogP contribution in [0, 0.1) is 0 Å². The summed E-state index contributed by atoms with van der Waals surface area (Å²) in [5, 5.41) is 18.9. The number of thiocarbonyl (C=S) groups is 1. The van der Waals surface area contributed by atoms with E-state index in [4.69, 9.17) is 22.1 Å². The fourth-order valence-electron chi connectivity index (χ4n) is 1.86. The zero-order chi connectivity index (χ0) is 18.1. The summed E-state index contributed by atoms with van der Waals surface area (Å²) in [6.45, 7) is 12.2. The second-order valence-corrected chi connectivity index (χ2v) is 8.04. The van der Waals surface area contributed by atoms with Gasteiger partial charge >= 0.3 is 6.09 Å². The minimum atomic E-state index is -0.490. The van der Waals surface area contributed by atoms with E-state index in [-0.39, 0.29) is 18.2 Å². The summed E-state index contributed by atoms with van der Waals surface area (Å²) in [6, 6.07) is 0.0720. The van der Waals surface area contributed by atoms with Gasteiger partial charge in [-0.2, -0.15) is 0 Å². The van der Waals surface area contributed by atoms with Crippen LogP contribution >= 0.6 is 12.2 Å². The average molecular weight is 348 g/mol. The number of alkyl carbamates (subject to hydrolysis) is 1. The Morgan fingerprint density at radius 1 is 1.17 bits per heavy atom. The summed E-state index contributed by atoms with van der Waals surface area (Å²) < 4.78 is 5.18. The normalized spacial score (nSPS) is 13.2. The Bertz CT molecular complexity index is 376. The highest BCUT2D eigenvalue weighted by Crippen LogP contribution is 2.07. The number of carbonyl (C=O) groups is 1. The topological polar surface area (TPSA) is 82.6 Å². The van der Waals surface area contributed by atoms with Crippen LogP contribution in [0.3, 0.4) is 0 Å². The first kappa shape index (κ1) is 21.9. The molecule has 136 valence electrons. The number of hydrogen-bond donors (Lipinski definition) is 4. The quantitative estimate of drug-likeness (QED) is 0.418. The van der Waals surface area contributed by atoms with Gasteiger partial charge in [0.1, 0.15) is 5.60 Å². The van der Waals surface area contributed by atoms with Crippen molar-refractivity contribution in [1.29, 1.82) is 0 Å². The molecular formula is C16H33N3O3S. The van der Waals surface area contributed by atoms with Crippen molar-refractivity contribution in [3.8, 4) is 0 Å². The third kappa shape index (κ3) is 14.3. The molecule has 1 amide bonds. The van der Waals surface area contributed by atoms with Crippen LogP contribution < -0.4 is 16.0 Å². The molecule has 4 N–H and O–H groups in total. The molecule has 0 aliphatic heterocycles. The predicted octanol–water partition coefficient (Wildman–Crippen LogP) is 2.30. The van der Waals surface area contributed by atoms with Gasteiger partial charge in [0.25, 0.3) is 0 Å². The van der Waals surface area contributed by atoms with E-state index >= 15 is 0 Å². The van der Waals surface area contributed by atoms with E-state index < -0.39 is 11.7 Å². The standard InChI is InChI=1S/C16H33N3O3S/c1-15(2,3)19-13(23)18-12(9-11-20)8-7-10-17-14(21)22-16(4,5)6/h12,20H,7-11H2,1-6H3,(H,17,21)(H2,18,19,23)/t12-/m0/s1. The second kappa shape index (κ2) is 9.93. The van der Waals surface area contributed by atoms with Crippen molar-refractivity contribution >= 4 is 23.4 Å². The molecule has 0 aliphatic carbocycles. The van der Waals surface area contributed by atoms with Crippen molar-refractivity contribution in [2.24, 2.45) is 0 Å². The van der Waals surface area contributed by atoms with Gasteiger partial charge in [-0.05, 0) is 73.0 Å². The first-order valence-electron chi connectivity index (χ1n) is 8.09. The van der Waals surface area contributed by atoms with Gasteiger partial charge in [-0.25, -0.2) is 4.79 Å². The SMILES string of the molecule is CC(C)(C)NC(=S)N[C@H](CCO)CCCNC(=O)OC(C)(C)C. The molecule has 0 unspecified atom stereocenters. The number of aliphatic hydroxyl groups is 1. The van der Waals surface area contributed by atoms with Gasteiger partial charge in [-0.1, -0.05) is 0 Å². The zero-order valence-corrected chi connectivity index (χ0v) is 16.1. The van der Waals surface area contributed by atoms with Crippen LogP contribution in [-0.4, -0.2) is 46.6 Å². The Kier molecular flexibility index (Phi) is 9.46. The molecule has 1 atom stereocenters. The minimum absolute atomic E-state index is 0.0720. The molecular weight excluding hydrogens is 314 g/mol. The van der Waals surface area contributed by atoms with Gasteiger partial charge in [0.2, 0.25) is 0 Å². The lowest BCUT2D eigenvalue weighted by molar-refractivity contribution is 0.0526. The molecule has 0 aromatic heterocycles. The molecule has 0 aromatic rings. The van der Waals surface area contributed by atoms with Crippen LogP contribution in [0.25, 0.3) is 0 Å². The van der Waals surface area contributed by atoms with Crippen molar-refractivity contribution in [2.45, 2.75) is 78.0 Å². The van der Waals surface area contributed by atoms with Gasteiger partial charge in [0, 0.05) is 24.7 Å². The number of amides is 1. The van der Waals surface area contributed by atoms with Gasteiger partial charge in [-0.3, -0.25) is 0 Å². The summed E-state index contributed by atoms with van der Waals surface area (Å²) in [5.41, 5.74) is -0.595. The number of hydrogen-bond acceptors (Lipinski definition) is 4. The second-order valence-electron chi connectivity index (χ2n) is 7.63. The van der Waals surface area contributed by atoms with Crippen molar-refractivity contribution in [2.75, 3.05) is 13.2 Å². The van der Waals surface area contributed by atoms with E-state index in [1.165, 1.54) is 0 Å².